The zero-order valence-corrected chi connectivity index (χ0v) is 15.4. The molecule has 0 unspecified atom stereocenters. The van der Waals surface area contributed by atoms with Gasteiger partial charge in [0, 0.05) is 0 Å². The second kappa shape index (κ2) is 5.85. The molecule has 0 bridgehead atoms. The maximum absolute atomic E-state index is 14.0. The predicted molar refractivity (Wildman–Crippen MR) is 78.8 cm³/mol. The van der Waals surface area contributed by atoms with Gasteiger partial charge in [0.05, 0.1) is 0 Å². The van der Waals surface area contributed by atoms with Gasteiger partial charge in [0.2, 0.25) is 0 Å². The van der Waals surface area contributed by atoms with Crippen LogP contribution in [0.3, 0.4) is 0 Å². The molecule has 0 aliphatic rings. The van der Waals surface area contributed by atoms with Crippen molar-refractivity contribution in [3.8, 4) is 10.1 Å². The van der Waals surface area contributed by atoms with Gasteiger partial charge in [-0.1, -0.05) is 0 Å². The number of fused-ring (bicyclic) bond motifs is 1. The number of aromatic nitrogens is 4. The van der Waals surface area contributed by atoms with E-state index < -0.39 is 40.8 Å². The van der Waals surface area contributed by atoms with Gasteiger partial charge in [0.25, 0.3) is 0 Å². The van der Waals surface area contributed by atoms with Crippen molar-refractivity contribution >= 4 is 55.7 Å². The quantitative estimate of drug-likeness (QED) is 0.318. The van der Waals surface area contributed by atoms with E-state index in [2.05, 4.69) is 31.2 Å². The van der Waals surface area contributed by atoms with E-state index in [-0.39, 0.29) is 24.8 Å². The Hall–Kier alpha value is -0.941. The summed E-state index contributed by atoms with van der Waals surface area (Å²) in [5.74, 6) is -0.977. The third-order valence-electron chi connectivity index (χ3n) is 2.74. The molecule has 0 spiro atoms. The van der Waals surface area contributed by atoms with E-state index in [1.807, 2.05) is 0 Å². The molecule has 122 valence electrons. The fraction of sp³-hybridized carbons (Fsp3) is 0.100. The summed E-state index contributed by atoms with van der Waals surface area (Å²) in [4.78, 5) is -0.473. The summed E-state index contributed by atoms with van der Waals surface area (Å²) in [5.41, 5.74) is 0.230. The van der Waals surface area contributed by atoms with Gasteiger partial charge in [-0.25, -0.2) is 0 Å². The molecule has 0 amide bonds. The van der Waals surface area contributed by atoms with Crippen LogP contribution in [-0.4, -0.2) is 42.7 Å². The Morgan fingerprint density at radius 2 is 2.00 bits per heavy atom. The fourth-order valence-corrected chi connectivity index (χ4v) is 5.00. The number of rotatable bonds is 3. The fourth-order valence-electron chi connectivity index (χ4n) is 1.82. The molecule has 0 saturated heterocycles. The van der Waals surface area contributed by atoms with Crippen LogP contribution in [0.25, 0.3) is 15.6 Å². The van der Waals surface area contributed by atoms with Crippen LogP contribution >= 0.6 is 26.6 Å². The number of hydrogen-bond donors (Lipinski definition) is 0. The van der Waals surface area contributed by atoms with Crippen molar-refractivity contribution in [1.82, 2.24) is 19.8 Å². The van der Waals surface area contributed by atoms with Crippen LogP contribution in [0.1, 0.15) is 11.0 Å². The van der Waals surface area contributed by atoms with Crippen molar-refractivity contribution in [3.63, 3.8) is 0 Å². The van der Waals surface area contributed by atoms with Gasteiger partial charge < -0.3 is 0 Å². The molecule has 6 nitrogen and oxygen atoms in total. The summed E-state index contributed by atoms with van der Waals surface area (Å²) in [6.07, 6.45) is -2.74. The first kappa shape index (κ1) is 16.9. The van der Waals surface area contributed by atoms with Crippen molar-refractivity contribution in [1.29, 1.82) is 0 Å². The Morgan fingerprint density at radius 3 is 2.57 bits per heavy atom. The van der Waals surface area contributed by atoms with E-state index in [0.717, 1.165) is 10.6 Å². The molecule has 0 atom stereocenters. The third-order valence-corrected chi connectivity index (χ3v) is 6.62. The maximum atomic E-state index is 14.0. The Labute approximate surface area is 145 Å². The van der Waals surface area contributed by atoms with Gasteiger partial charge in [-0.2, -0.15) is 0 Å². The van der Waals surface area contributed by atoms with E-state index >= 15 is 0 Å². The normalized spacial score (nSPS) is 12.4. The van der Waals surface area contributed by atoms with Crippen molar-refractivity contribution in [2.45, 2.75) is 11.3 Å². The molecule has 0 N–H and O–H groups in total. The standard InChI is InChI=1S/C10H3BrClF3N4O2SSe/c11-7-6(9-16-17-10(23-9)8(14)15)4-1-3(22(12,20)21)2-5(13)19(4)18-7/h1-2,8H. The Bertz CT molecular complexity index is 1020. The zero-order chi connectivity index (χ0) is 16.9. The monoisotopic (exact) mass is 494 g/mol. The van der Waals surface area contributed by atoms with Gasteiger partial charge >= 0.3 is 146 Å². The van der Waals surface area contributed by atoms with Crippen LogP contribution in [0.5, 0.6) is 0 Å². The van der Waals surface area contributed by atoms with E-state index in [9.17, 15) is 21.6 Å². The molecule has 0 aliphatic heterocycles. The molecule has 0 aromatic carbocycles. The second-order valence-electron chi connectivity index (χ2n) is 4.16. The van der Waals surface area contributed by atoms with Crippen LogP contribution in [0.2, 0.25) is 0 Å². The minimum atomic E-state index is -4.18. The molecule has 0 saturated carbocycles. The molecule has 3 rings (SSSR count). The zero-order valence-electron chi connectivity index (χ0n) is 10.5. The molecule has 23 heavy (non-hydrogen) atoms. The van der Waals surface area contributed by atoms with Crippen LogP contribution in [0.4, 0.5) is 13.2 Å². The second-order valence-corrected chi connectivity index (χ2v) is 9.59. The molecular weight excluding hydrogens is 492 g/mol. The molecular formula is C10H3BrClF3N4O2SSe. The Kier molecular flexibility index (Phi) is 4.30. The van der Waals surface area contributed by atoms with E-state index in [1.165, 1.54) is 0 Å². The number of nitrogens with zero attached hydrogens (tertiary/aromatic N) is 4. The molecule has 3 aromatic rings. The number of pyridine rings is 1. The van der Waals surface area contributed by atoms with E-state index in [0.29, 0.717) is 6.07 Å². The Morgan fingerprint density at radius 1 is 1.30 bits per heavy atom. The molecule has 0 radical (unpaired) electrons. The number of hydrogen-bond acceptors (Lipinski definition) is 5. The third kappa shape index (κ3) is 3.05. The first-order valence-electron chi connectivity index (χ1n) is 5.63. The average molecular weight is 495 g/mol. The summed E-state index contributed by atoms with van der Waals surface area (Å²) in [6.45, 7) is 0. The molecule has 3 heterocycles. The number of halogens is 5. The van der Waals surface area contributed by atoms with Crippen molar-refractivity contribution < 1.29 is 21.6 Å². The SMILES string of the molecule is O=S(=O)(Cl)c1cc(F)n2nc(Br)c(-c3nnc(C(F)F)[se]3)c2c1. The first-order valence-corrected chi connectivity index (χ1v) is 10.4. The van der Waals surface area contributed by atoms with Crippen LogP contribution < -0.4 is 0 Å². The average Bonchev–Trinajstić information content (AvgIpc) is 3.01. The molecule has 13 heteroatoms. The molecule has 0 fully saturated rings. The Balaban J connectivity index is 2.31. The first-order chi connectivity index (χ1) is 10.7. The van der Waals surface area contributed by atoms with Gasteiger partial charge in [0.15, 0.2) is 0 Å². The van der Waals surface area contributed by atoms with Gasteiger partial charge in [-0.05, 0) is 0 Å². The summed E-state index contributed by atoms with van der Waals surface area (Å²) in [7, 11) is 1.05. The van der Waals surface area contributed by atoms with Crippen LogP contribution in [0.15, 0.2) is 21.6 Å². The van der Waals surface area contributed by atoms with E-state index in [4.69, 9.17) is 10.7 Å². The predicted octanol–water partition coefficient (Wildman–Crippen LogP) is 2.62. The molecule has 0 aliphatic carbocycles. The summed E-state index contributed by atoms with van der Waals surface area (Å²) in [5, 5.41) is 10.9. The van der Waals surface area contributed by atoms with Gasteiger partial charge in [-0.3, -0.25) is 0 Å². The van der Waals surface area contributed by atoms with E-state index in [1.54, 1.807) is 0 Å². The van der Waals surface area contributed by atoms with Crippen LogP contribution in [-0.2, 0) is 9.05 Å². The topological polar surface area (TPSA) is 77.2 Å². The van der Waals surface area contributed by atoms with Gasteiger partial charge in [-0.15, -0.1) is 0 Å². The van der Waals surface area contributed by atoms with Gasteiger partial charge in [0.1, 0.15) is 0 Å². The summed E-state index contributed by atoms with van der Waals surface area (Å²) in [6, 6.07) is 1.80. The van der Waals surface area contributed by atoms with Crippen LogP contribution in [0, 0.1) is 5.95 Å². The van der Waals surface area contributed by atoms with Crippen molar-refractivity contribution in [2.24, 2.45) is 0 Å². The minimum absolute atomic E-state index is 0.0300. The van der Waals surface area contributed by atoms with Crippen molar-refractivity contribution in [2.75, 3.05) is 0 Å². The number of alkyl halides is 2. The summed E-state index contributed by atoms with van der Waals surface area (Å²) < 4.78 is 63.0. The summed E-state index contributed by atoms with van der Waals surface area (Å²) >= 11 is 2.21. The van der Waals surface area contributed by atoms with Crippen molar-refractivity contribution in [3.05, 3.63) is 27.3 Å². The molecule has 3 aromatic heterocycles.